The third kappa shape index (κ3) is 35.3. The van der Waals surface area contributed by atoms with Crippen LogP contribution in [0.15, 0.2) is 252 Å². The highest BCUT2D eigenvalue weighted by atomic mass is 79.9. The zero-order valence-corrected chi connectivity index (χ0v) is 87.8. The van der Waals surface area contributed by atoms with Gasteiger partial charge in [0, 0.05) is 76.9 Å². The maximum Gasteiger partial charge on any atom is 0.249 e. The van der Waals surface area contributed by atoms with Crippen LogP contribution in [-0.2, 0) is 5.41 Å². The molecule has 0 amide bonds. The maximum absolute atomic E-state index is 6.20. The van der Waals surface area contributed by atoms with Gasteiger partial charge in [-0.15, -0.1) is 51.0 Å². The van der Waals surface area contributed by atoms with E-state index in [1.165, 1.54) is 134 Å². The van der Waals surface area contributed by atoms with Crippen molar-refractivity contribution in [3.63, 3.8) is 0 Å². The molecule has 0 saturated heterocycles. The highest BCUT2D eigenvalue weighted by Crippen LogP contribution is 2.39. The predicted molar refractivity (Wildman–Crippen MR) is 561 cm³/mol. The van der Waals surface area contributed by atoms with Crippen LogP contribution in [0, 0.1) is 0 Å². The van der Waals surface area contributed by atoms with Gasteiger partial charge in [0.25, 0.3) is 0 Å². The van der Waals surface area contributed by atoms with Gasteiger partial charge in [-0.05, 0) is 253 Å². The van der Waals surface area contributed by atoms with Gasteiger partial charge in [-0.1, -0.05) is 306 Å². The Labute approximate surface area is 855 Å². The van der Waals surface area contributed by atoms with E-state index in [2.05, 4.69) is 175 Å². The predicted octanol–water partition coefficient (Wildman–Crippen LogP) is 36.2. The molecule has 0 atom stereocenters. The number of nitrogens with zero attached hydrogens (tertiary/aromatic N) is 10. The second-order valence-corrected chi connectivity index (χ2v) is 39.3. The van der Waals surface area contributed by atoms with Gasteiger partial charge < -0.3 is 41.0 Å². The van der Waals surface area contributed by atoms with E-state index in [0.717, 1.165) is 132 Å². The van der Waals surface area contributed by atoms with Crippen LogP contribution < -0.4 is 18.9 Å². The van der Waals surface area contributed by atoms with Crippen LogP contribution in [0.4, 0.5) is 0 Å². The average molecular weight is 2200 g/mol. The summed E-state index contributed by atoms with van der Waals surface area (Å²) in [4.78, 5) is 0. The first-order chi connectivity index (χ1) is 65.5. The van der Waals surface area contributed by atoms with Crippen molar-refractivity contribution >= 4 is 133 Å². The molecule has 0 bridgehead atoms. The Bertz CT molecular complexity index is 5720. The standard InChI is InChI=1S/2C22H24Br2N2O2.2C22H24Cl2N2O2.C18H16Cl2N2O/c1-2-3-4-5-6-7-14-27-18-11-8-16(9-12-18)21-25-26-22(28-21)19-15-17(23)10-13-20(19)24;1-2-3-4-5-6-7-12-27-20-10-8-16(9-11-20)21-25-26-22(28-21)17-13-18(23)15-19(24)14-17;1-2-3-4-5-6-7-14-27-18-11-8-16(9-12-18)21-25-26-22(28-21)19-15-17(23)10-13-20(19)24;1-2-3-4-5-6-7-12-27-20-10-8-16(9-11-20)21-25-26-22(28-21)17-13-18(23)15-19(24)14-17;1-18(2,3)12-6-4-11(5-7-12)16-21-22-17(23-16)14-10-13(19)8-9-15(14)20/h8-13,15H,2-7,14H2,1H3;8-11,13-15H,2-7,12H2,1H3;8-13,15H,2-7,14H2,1H3;8-11,13-15H,2-7,12H2,1H3;4-10H,1-3H3. The van der Waals surface area contributed by atoms with Gasteiger partial charge in [0.2, 0.25) is 58.9 Å². The van der Waals surface area contributed by atoms with E-state index in [1.54, 1.807) is 54.6 Å². The van der Waals surface area contributed by atoms with Crippen molar-refractivity contribution in [1.82, 2.24) is 51.0 Å². The zero-order chi connectivity index (χ0) is 95.7. The number of ether oxygens (including phenoxy) is 4. The fourth-order valence-electron chi connectivity index (χ4n) is 13.8. The number of benzene rings is 10. The maximum atomic E-state index is 6.20. The topological polar surface area (TPSA) is 232 Å². The normalized spacial score (nSPS) is 11.1. The van der Waals surface area contributed by atoms with Gasteiger partial charge in [-0.2, -0.15) is 0 Å². The lowest BCUT2D eigenvalue weighted by molar-refractivity contribution is 0.304. The first kappa shape index (κ1) is 106. The lowest BCUT2D eigenvalue weighted by atomic mass is 9.87. The Balaban J connectivity index is 0.000000162. The summed E-state index contributed by atoms with van der Waals surface area (Å²) in [5.74, 6) is 7.76. The van der Waals surface area contributed by atoms with E-state index in [0.29, 0.717) is 106 Å². The fourth-order valence-corrected chi connectivity index (χ4v) is 17.1. The van der Waals surface area contributed by atoms with E-state index in [-0.39, 0.29) is 5.41 Å². The summed E-state index contributed by atoms with van der Waals surface area (Å²) in [6, 6.07) is 66.2. The fraction of sp³-hybridized carbons (Fsp3) is 0.340. The smallest absolute Gasteiger partial charge is 0.249 e. The van der Waals surface area contributed by atoms with Crippen LogP contribution in [0.3, 0.4) is 0 Å². The average Bonchev–Trinajstić information content (AvgIpc) is 1.82. The summed E-state index contributed by atoms with van der Waals surface area (Å²) < 4.78 is 56.0. The van der Waals surface area contributed by atoms with E-state index in [1.807, 2.05) is 146 Å². The molecule has 0 aliphatic carbocycles. The minimum Gasteiger partial charge on any atom is -0.494 e. The molecule has 135 heavy (non-hydrogen) atoms. The van der Waals surface area contributed by atoms with Gasteiger partial charge in [0.05, 0.1) is 53.2 Å². The minimum absolute atomic E-state index is 0.104. The molecule has 15 aromatic rings. The van der Waals surface area contributed by atoms with Crippen molar-refractivity contribution in [3.05, 3.63) is 266 Å². The van der Waals surface area contributed by atoms with Gasteiger partial charge in [-0.3, -0.25) is 0 Å². The number of halogens is 10. The molecule has 0 fully saturated rings. The summed E-state index contributed by atoms with van der Waals surface area (Å²) in [6.07, 6.45) is 30.1. The SMILES string of the molecule is CC(C)(C)c1ccc(-c2nnc(-c3cc(Cl)ccc3Cl)o2)cc1.CCCCCCCCOc1ccc(-c2nnc(-c3cc(Br)cc(Br)c3)o2)cc1.CCCCCCCCOc1ccc(-c2nnc(-c3cc(Br)ccc3Br)o2)cc1.CCCCCCCCOc1ccc(-c2nnc(-c3cc(Cl)cc(Cl)c3)o2)cc1.CCCCCCCCOc1ccc(-c2nnc(-c3cc(Cl)ccc3Cl)o2)cc1. The van der Waals surface area contributed by atoms with E-state index < -0.39 is 0 Å². The van der Waals surface area contributed by atoms with Gasteiger partial charge in [-0.25, -0.2) is 0 Å². The number of hydrogen-bond acceptors (Lipinski definition) is 19. The van der Waals surface area contributed by atoms with Crippen molar-refractivity contribution in [2.45, 2.75) is 208 Å². The monoisotopic (exact) mass is 2190 g/mol. The third-order valence-corrected chi connectivity index (χ3v) is 25.0. The minimum atomic E-state index is 0.104. The molecule has 710 valence electrons. The molecule has 29 heteroatoms. The Kier molecular flexibility index (Phi) is 44.5. The Hall–Kier alpha value is -9.24. The molecule has 0 N–H and O–H groups in total. The van der Waals surface area contributed by atoms with Crippen LogP contribution in [-0.4, -0.2) is 77.4 Å². The van der Waals surface area contributed by atoms with Gasteiger partial charge in [0.1, 0.15) is 23.0 Å². The quantitative estimate of drug-likeness (QED) is 0.0324. The number of unbranched alkanes of at least 4 members (excludes halogenated alkanes) is 20. The lowest BCUT2D eigenvalue weighted by Gasteiger charge is -2.18. The molecule has 0 spiro atoms. The summed E-state index contributed by atoms with van der Waals surface area (Å²) in [7, 11) is 0. The van der Waals surface area contributed by atoms with E-state index in [9.17, 15) is 0 Å². The van der Waals surface area contributed by atoms with Crippen LogP contribution in [0.25, 0.3) is 115 Å². The Morgan fingerprint density at radius 3 is 0.815 bits per heavy atom. The van der Waals surface area contributed by atoms with Crippen molar-refractivity contribution in [2.24, 2.45) is 0 Å². The van der Waals surface area contributed by atoms with Crippen LogP contribution >= 0.6 is 133 Å². The molecule has 19 nitrogen and oxygen atoms in total. The second kappa shape index (κ2) is 56.6. The molecule has 0 radical (unpaired) electrons. The Morgan fingerprint density at radius 2 is 0.504 bits per heavy atom. The Morgan fingerprint density at radius 1 is 0.237 bits per heavy atom. The first-order valence-electron chi connectivity index (χ1n) is 46.0. The molecule has 0 unspecified atom stereocenters. The molecule has 0 aliphatic rings. The molecule has 10 aromatic carbocycles. The van der Waals surface area contributed by atoms with E-state index >= 15 is 0 Å². The zero-order valence-electron chi connectivity index (χ0n) is 76.9. The molecule has 5 heterocycles. The third-order valence-electron chi connectivity index (χ3n) is 21.3. The lowest BCUT2D eigenvalue weighted by Crippen LogP contribution is -2.10. The largest absolute Gasteiger partial charge is 0.494 e. The molecular formula is C106H112Br4Cl6N10O9. The van der Waals surface area contributed by atoms with Crippen LogP contribution in [0.2, 0.25) is 30.1 Å². The van der Waals surface area contributed by atoms with Crippen molar-refractivity contribution < 1.29 is 41.0 Å². The molecule has 5 aromatic heterocycles. The van der Waals surface area contributed by atoms with Crippen molar-refractivity contribution in [3.8, 4) is 138 Å². The number of aromatic nitrogens is 10. The van der Waals surface area contributed by atoms with Gasteiger partial charge >= 0.3 is 0 Å². The first-order valence-corrected chi connectivity index (χ1v) is 51.4. The molecule has 15 rings (SSSR count). The summed E-state index contributed by atoms with van der Waals surface area (Å²) >= 11 is 50.4. The summed E-state index contributed by atoms with van der Waals surface area (Å²) in [5.41, 5.74) is 9.28. The van der Waals surface area contributed by atoms with Crippen molar-refractivity contribution in [2.75, 3.05) is 26.4 Å². The number of rotatable bonds is 42. The van der Waals surface area contributed by atoms with Crippen LogP contribution in [0.1, 0.15) is 208 Å². The number of hydrogen-bond donors (Lipinski definition) is 0. The van der Waals surface area contributed by atoms with Gasteiger partial charge in [0.15, 0.2) is 0 Å². The molecular weight excluding hydrogens is 2090 g/mol. The highest BCUT2D eigenvalue weighted by Gasteiger charge is 2.22. The van der Waals surface area contributed by atoms with Crippen molar-refractivity contribution in [1.29, 1.82) is 0 Å². The second-order valence-electron chi connectivity index (χ2n) is 33.1. The summed E-state index contributed by atoms with van der Waals surface area (Å²) in [5, 5.41) is 44.5. The van der Waals surface area contributed by atoms with Crippen LogP contribution in [0.5, 0.6) is 23.0 Å². The summed E-state index contributed by atoms with van der Waals surface area (Å²) in [6.45, 7) is 18.5. The molecule has 0 aliphatic heterocycles. The molecule has 0 saturated carbocycles. The van der Waals surface area contributed by atoms with E-state index in [4.69, 9.17) is 111 Å². The highest BCUT2D eigenvalue weighted by molar-refractivity contribution is 9.11.